The zero-order chi connectivity index (χ0) is 80.7. The van der Waals surface area contributed by atoms with Crippen molar-refractivity contribution in [2.45, 2.75) is 183 Å². The van der Waals surface area contributed by atoms with Gasteiger partial charge in [-0.2, -0.15) is 0 Å². The fourth-order valence-corrected chi connectivity index (χ4v) is 15.6. The lowest BCUT2D eigenvalue weighted by molar-refractivity contribution is 0.532. The SMILES string of the molecule is [2H]c1c([2H])c([2H])c2c(c1[2H])c1c([2H])c([2H])c([2H])c([2H])c1n2-c1ccc2c(c1)N(c1c(-c3ccccc3)cc(C(C)(C)C)cc1-c1ccccc1)c1cc(C(C)(C)C)cc3c1B2c1ccc(-c2cc(C(C)(C)C)cc(C(C)(C)C)c2)cc1N3c1c(-c2ccccc2)cc(C(C)(C)C)cc1-c1ccc(C(C)(C)C)nc1C(C)(C)C. The summed E-state index contributed by atoms with van der Waals surface area (Å²) in [4.78, 5) is 10.9. The highest BCUT2D eigenvalue weighted by molar-refractivity contribution is 7.00. The summed E-state index contributed by atoms with van der Waals surface area (Å²) in [6, 6.07) is 68.7. The second kappa shape index (κ2) is 24.9. The third-order valence-corrected chi connectivity index (χ3v) is 21.5. The van der Waals surface area contributed by atoms with E-state index >= 15 is 0 Å². The standard InChI is InChI=1S/C99H103BN4/c1-93(2,3)67-51-66(52-68(54-67)94(4,5)6)65-45-48-80-84(53-65)103(91-78(64-39-29-24-30-40-64)57-70(96(10,11)12)58-79(91)75-47-50-88(98(16,17)18)101-92(75)99(19,20)21)86-59-71(97(13,14)15)60-87-89(86)100(80)81-49-46-72(102-82-43-33-31-41-73(82)74-42-32-34-44-83(74)102)61-85(81)104(87)90-76(62-35-25-22-26-36-62)55-69(95(7,8)9)56-77(90)63-37-27-23-28-38-63/h22-61H,1-21H3/i31D,32D,33D,34D,41D,42D,43D,44D. The van der Waals surface area contributed by atoms with E-state index in [9.17, 15) is 8.22 Å². The summed E-state index contributed by atoms with van der Waals surface area (Å²) >= 11 is 0. The van der Waals surface area contributed by atoms with Crippen molar-refractivity contribution in [1.29, 1.82) is 0 Å². The first-order chi connectivity index (χ1) is 52.3. The zero-order valence-corrected chi connectivity index (χ0v) is 64.8. The van der Waals surface area contributed by atoms with Gasteiger partial charge in [-0.25, -0.2) is 0 Å². The Morgan fingerprint density at radius 3 is 1.13 bits per heavy atom. The number of anilines is 6. The predicted molar refractivity (Wildman–Crippen MR) is 451 cm³/mol. The lowest BCUT2D eigenvalue weighted by Gasteiger charge is -2.47. The highest BCUT2D eigenvalue weighted by atomic mass is 15.2. The van der Waals surface area contributed by atoms with E-state index < -0.39 is 41.7 Å². The molecule has 2 aromatic heterocycles. The number of rotatable bonds is 8. The third kappa shape index (κ3) is 12.3. The van der Waals surface area contributed by atoms with Crippen LogP contribution in [0.15, 0.2) is 242 Å². The van der Waals surface area contributed by atoms with Crippen LogP contribution in [-0.4, -0.2) is 16.3 Å². The van der Waals surface area contributed by atoms with Gasteiger partial charge in [-0.3, -0.25) is 4.98 Å². The van der Waals surface area contributed by atoms with Crippen LogP contribution in [0.25, 0.3) is 83.1 Å². The van der Waals surface area contributed by atoms with Crippen LogP contribution in [0.1, 0.15) is 196 Å². The largest absolute Gasteiger partial charge is 0.310 e. The van der Waals surface area contributed by atoms with Crippen LogP contribution in [0.5, 0.6) is 0 Å². The highest BCUT2D eigenvalue weighted by Crippen LogP contribution is 2.57. The Morgan fingerprint density at radius 2 is 0.702 bits per heavy atom. The van der Waals surface area contributed by atoms with Crippen LogP contribution in [0.3, 0.4) is 0 Å². The normalized spacial score (nSPS) is 14.6. The molecule has 0 atom stereocenters. The van der Waals surface area contributed by atoms with Gasteiger partial charge in [0.2, 0.25) is 0 Å². The molecule has 2 aliphatic rings. The van der Waals surface area contributed by atoms with Crippen molar-refractivity contribution in [3.8, 4) is 61.3 Å². The number of nitrogens with zero attached hydrogens (tertiary/aromatic N) is 4. The van der Waals surface area contributed by atoms with Crippen LogP contribution in [-0.2, 0) is 37.9 Å². The van der Waals surface area contributed by atoms with E-state index in [1.54, 1.807) is 4.57 Å². The van der Waals surface area contributed by atoms with Gasteiger partial charge in [-0.1, -0.05) is 315 Å². The summed E-state index contributed by atoms with van der Waals surface area (Å²) in [5.41, 5.74) is 25.3. The highest BCUT2D eigenvalue weighted by Gasteiger charge is 2.47. The second-order valence-corrected chi connectivity index (χ2v) is 36.4. The van der Waals surface area contributed by atoms with Crippen molar-refractivity contribution in [2.24, 2.45) is 0 Å². The van der Waals surface area contributed by atoms with Crippen LogP contribution >= 0.6 is 0 Å². The molecular weight excluding hydrogens is 1260 g/mol. The number of fused-ring (bicyclic) bond motifs is 7. The molecule has 0 radical (unpaired) electrons. The van der Waals surface area contributed by atoms with Gasteiger partial charge in [-0.05, 0) is 172 Å². The Balaban J connectivity index is 1.20. The maximum absolute atomic E-state index is 9.89. The minimum Gasteiger partial charge on any atom is -0.310 e. The molecule has 522 valence electrons. The molecule has 13 aromatic rings. The molecule has 0 unspecified atom stereocenters. The molecular formula is C99H103BN4. The molecule has 5 heteroatoms. The van der Waals surface area contributed by atoms with E-state index in [2.05, 4.69) is 343 Å². The van der Waals surface area contributed by atoms with Gasteiger partial charge < -0.3 is 14.4 Å². The number of hydrogen-bond donors (Lipinski definition) is 0. The van der Waals surface area contributed by atoms with Gasteiger partial charge in [0.15, 0.2) is 0 Å². The zero-order valence-electron chi connectivity index (χ0n) is 72.8. The summed E-state index contributed by atoms with van der Waals surface area (Å²) in [5, 5.41) is 0.0333. The monoisotopic (exact) mass is 1370 g/mol. The molecule has 0 fully saturated rings. The van der Waals surface area contributed by atoms with Crippen molar-refractivity contribution in [3.63, 3.8) is 0 Å². The first-order valence-electron chi connectivity index (χ1n) is 41.1. The van der Waals surface area contributed by atoms with Gasteiger partial charge in [0, 0.05) is 83.6 Å². The molecule has 0 bridgehead atoms. The van der Waals surface area contributed by atoms with Gasteiger partial charge in [-0.15, -0.1) is 0 Å². The summed E-state index contributed by atoms with van der Waals surface area (Å²) < 4.78 is 77.6. The second-order valence-electron chi connectivity index (χ2n) is 36.4. The van der Waals surface area contributed by atoms with Crippen LogP contribution < -0.4 is 26.2 Å². The maximum atomic E-state index is 9.89. The lowest BCUT2D eigenvalue weighted by Crippen LogP contribution is -2.61. The molecule has 11 aromatic carbocycles. The fourth-order valence-electron chi connectivity index (χ4n) is 15.6. The van der Waals surface area contributed by atoms with Crippen LogP contribution in [0.2, 0.25) is 0 Å². The number of benzene rings is 11. The molecule has 0 saturated heterocycles. The summed E-state index contributed by atoms with van der Waals surface area (Å²) in [6.45, 7) is 47.6. The molecule has 4 heterocycles. The average Bonchev–Trinajstić information content (AvgIpc) is 0.926. The van der Waals surface area contributed by atoms with Gasteiger partial charge >= 0.3 is 0 Å². The van der Waals surface area contributed by atoms with Crippen LogP contribution in [0.4, 0.5) is 34.1 Å². The third-order valence-electron chi connectivity index (χ3n) is 21.5. The number of pyridine rings is 1. The Hall–Kier alpha value is -9.97. The van der Waals surface area contributed by atoms with Crippen molar-refractivity contribution >= 4 is 79.0 Å². The number of aromatic nitrogens is 2. The maximum Gasteiger partial charge on any atom is 0.252 e. The van der Waals surface area contributed by atoms with E-state index in [0.717, 1.165) is 129 Å². The van der Waals surface area contributed by atoms with Gasteiger partial charge in [0.25, 0.3) is 6.71 Å². The first kappa shape index (κ1) is 60.5. The summed E-state index contributed by atoms with van der Waals surface area (Å²) in [5.74, 6) is 0. The van der Waals surface area contributed by atoms with Crippen LogP contribution in [0, 0.1) is 0 Å². The summed E-state index contributed by atoms with van der Waals surface area (Å²) in [7, 11) is 0. The Labute approximate surface area is 632 Å². The Morgan fingerprint density at radius 1 is 0.308 bits per heavy atom. The van der Waals surface area contributed by atoms with Crippen molar-refractivity contribution in [2.75, 3.05) is 9.80 Å². The minimum atomic E-state index is -0.497. The molecule has 4 nitrogen and oxygen atoms in total. The lowest BCUT2D eigenvalue weighted by atomic mass is 9.33. The molecule has 0 saturated carbocycles. The van der Waals surface area contributed by atoms with Crippen molar-refractivity contribution in [3.05, 3.63) is 282 Å². The average molecular weight is 1370 g/mol. The Bertz CT molecular complexity index is 5860. The first-order valence-corrected chi connectivity index (χ1v) is 37.1. The number of hydrogen-bond acceptors (Lipinski definition) is 3. The molecule has 0 aliphatic carbocycles. The van der Waals surface area contributed by atoms with Crippen molar-refractivity contribution < 1.29 is 11.0 Å². The molecule has 0 N–H and O–H groups in total. The van der Waals surface area contributed by atoms with Crippen molar-refractivity contribution in [1.82, 2.24) is 9.55 Å². The topological polar surface area (TPSA) is 24.3 Å². The van der Waals surface area contributed by atoms with E-state index in [1.165, 1.54) is 16.7 Å². The van der Waals surface area contributed by atoms with Gasteiger partial charge in [0.1, 0.15) is 0 Å². The predicted octanol–water partition coefficient (Wildman–Crippen LogP) is 25.7. The van der Waals surface area contributed by atoms with E-state index in [0.29, 0.717) is 5.69 Å². The molecule has 2 aliphatic heterocycles. The van der Waals surface area contributed by atoms with Gasteiger partial charge in [0.05, 0.1) is 39.1 Å². The summed E-state index contributed by atoms with van der Waals surface area (Å²) in [6.07, 6.45) is 0. The van der Waals surface area contributed by atoms with E-state index in [1.807, 2.05) is 6.07 Å². The molecule has 0 amide bonds. The molecule has 0 spiro atoms. The quantitative estimate of drug-likeness (QED) is 0.142. The fraction of sp³-hybridized carbons (Fsp3) is 0.283. The molecule has 104 heavy (non-hydrogen) atoms. The van der Waals surface area contributed by atoms with E-state index in [4.69, 9.17) is 7.73 Å². The number of para-hydroxylation sites is 2. The minimum absolute atomic E-state index is 0.0166. The Kier molecular flexibility index (Phi) is 14.5. The molecule has 15 rings (SSSR count). The van der Waals surface area contributed by atoms with E-state index in [-0.39, 0.29) is 73.1 Å². The smallest absolute Gasteiger partial charge is 0.252 e.